The highest BCUT2D eigenvalue weighted by molar-refractivity contribution is 5.81. The summed E-state index contributed by atoms with van der Waals surface area (Å²) in [5.74, 6) is 1.18. The minimum Gasteiger partial charge on any atom is -0.485 e. The summed E-state index contributed by atoms with van der Waals surface area (Å²) in [7, 11) is 1.50. The second-order valence-corrected chi connectivity index (χ2v) is 4.44. The number of benzene rings is 1. The number of rotatable bonds is 6. The minimum absolute atomic E-state index is 0.0538. The number of methoxy groups -OCH3 is 1. The highest BCUT2D eigenvalue weighted by Gasteiger charge is 2.07. The van der Waals surface area contributed by atoms with Gasteiger partial charge in [-0.2, -0.15) is 0 Å². The standard InChI is InChI=1S/C14H20O3/c1-10(2)12-6-5-11(3)14(7-12)17-9-13(15)8-16-4/h5-7,10H,8-9H2,1-4H3. The van der Waals surface area contributed by atoms with Gasteiger partial charge in [-0.05, 0) is 30.0 Å². The van der Waals surface area contributed by atoms with Gasteiger partial charge in [0, 0.05) is 7.11 Å². The molecule has 0 aromatic heterocycles. The minimum atomic E-state index is -0.0538. The van der Waals surface area contributed by atoms with Crippen molar-refractivity contribution in [1.29, 1.82) is 0 Å². The van der Waals surface area contributed by atoms with E-state index < -0.39 is 0 Å². The van der Waals surface area contributed by atoms with E-state index in [1.54, 1.807) is 0 Å². The van der Waals surface area contributed by atoms with Crippen molar-refractivity contribution in [2.75, 3.05) is 20.3 Å². The van der Waals surface area contributed by atoms with E-state index in [0.717, 1.165) is 11.3 Å². The quantitative estimate of drug-likeness (QED) is 0.761. The molecule has 94 valence electrons. The Morgan fingerprint density at radius 3 is 2.59 bits per heavy atom. The number of carbonyl (C=O) groups excluding carboxylic acids is 1. The second-order valence-electron chi connectivity index (χ2n) is 4.44. The molecule has 0 unspecified atom stereocenters. The molecule has 1 aromatic rings. The molecule has 0 fully saturated rings. The predicted molar refractivity (Wildman–Crippen MR) is 67.6 cm³/mol. The fourth-order valence-electron chi connectivity index (χ4n) is 1.49. The maximum atomic E-state index is 11.3. The average Bonchev–Trinajstić information content (AvgIpc) is 2.28. The lowest BCUT2D eigenvalue weighted by Crippen LogP contribution is -2.16. The summed E-state index contributed by atoms with van der Waals surface area (Å²) >= 11 is 0. The number of aryl methyl sites for hydroxylation is 1. The average molecular weight is 236 g/mol. The zero-order chi connectivity index (χ0) is 12.8. The van der Waals surface area contributed by atoms with Crippen LogP contribution in [0, 0.1) is 6.92 Å². The molecule has 0 saturated heterocycles. The molecule has 0 aliphatic rings. The van der Waals surface area contributed by atoms with Crippen molar-refractivity contribution in [3.05, 3.63) is 29.3 Å². The summed E-state index contributed by atoms with van der Waals surface area (Å²) in [4.78, 5) is 11.3. The van der Waals surface area contributed by atoms with Gasteiger partial charge in [0.1, 0.15) is 19.0 Å². The number of ether oxygens (including phenoxy) is 2. The van der Waals surface area contributed by atoms with Gasteiger partial charge in [-0.1, -0.05) is 26.0 Å². The van der Waals surface area contributed by atoms with Gasteiger partial charge in [-0.15, -0.1) is 0 Å². The smallest absolute Gasteiger partial charge is 0.195 e. The van der Waals surface area contributed by atoms with Crippen LogP contribution in [0.1, 0.15) is 30.9 Å². The van der Waals surface area contributed by atoms with Crippen LogP contribution in [0.4, 0.5) is 0 Å². The molecule has 0 atom stereocenters. The maximum absolute atomic E-state index is 11.3. The number of Topliss-reactive ketones (excluding diaryl/α,β-unsaturated/α-hetero) is 1. The van der Waals surface area contributed by atoms with E-state index in [1.165, 1.54) is 12.7 Å². The van der Waals surface area contributed by atoms with E-state index in [9.17, 15) is 4.79 Å². The van der Waals surface area contributed by atoms with Crippen LogP contribution >= 0.6 is 0 Å². The molecule has 0 heterocycles. The summed E-state index contributed by atoms with van der Waals surface area (Å²) in [5, 5.41) is 0. The van der Waals surface area contributed by atoms with E-state index in [-0.39, 0.29) is 19.0 Å². The first-order valence-electron chi connectivity index (χ1n) is 5.78. The Bertz CT molecular complexity index is 383. The second kappa shape index (κ2) is 6.40. The molecule has 0 radical (unpaired) electrons. The van der Waals surface area contributed by atoms with Gasteiger partial charge in [0.05, 0.1) is 0 Å². The summed E-state index contributed by atoms with van der Waals surface area (Å²) < 4.78 is 10.3. The van der Waals surface area contributed by atoms with Gasteiger partial charge in [0.25, 0.3) is 0 Å². The number of hydrogen-bond donors (Lipinski definition) is 0. The largest absolute Gasteiger partial charge is 0.485 e. The lowest BCUT2D eigenvalue weighted by atomic mass is 10.0. The van der Waals surface area contributed by atoms with E-state index >= 15 is 0 Å². The summed E-state index contributed by atoms with van der Waals surface area (Å²) in [6, 6.07) is 6.11. The fourth-order valence-corrected chi connectivity index (χ4v) is 1.49. The van der Waals surface area contributed by atoms with Crippen molar-refractivity contribution in [2.24, 2.45) is 0 Å². The third kappa shape index (κ3) is 4.19. The van der Waals surface area contributed by atoms with Crippen LogP contribution in [-0.4, -0.2) is 26.1 Å². The Morgan fingerprint density at radius 1 is 1.29 bits per heavy atom. The predicted octanol–water partition coefficient (Wildman–Crippen LogP) is 2.71. The van der Waals surface area contributed by atoms with Gasteiger partial charge in [0.15, 0.2) is 5.78 Å². The lowest BCUT2D eigenvalue weighted by Gasteiger charge is -2.12. The molecular formula is C14H20O3. The number of carbonyl (C=O) groups is 1. The SMILES string of the molecule is COCC(=O)COc1cc(C(C)C)ccc1C. The number of ketones is 1. The van der Waals surface area contributed by atoms with Crippen molar-refractivity contribution in [2.45, 2.75) is 26.7 Å². The molecule has 1 aromatic carbocycles. The van der Waals surface area contributed by atoms with Crippen LogP contribution in [0.25, 0.3) is 0 Å². The van der Waals surface area contributed by atoms with Crippen molar-refractivity contribution in [1.82, 2.24) is 0 Å². The summed E-state index contributed by atoms with van der Waals surface area (Å²) in [6.45, 7) is 6.40. The van der Waals surface area contributed by atoms with Crippen LogP contribution in [0.2, 0.25) is 0 Å². The van der Waals surface area contributed by atoms with Crippen LogP contribution in [-0.2, 0) is 9.53 Å². The van der Waals surface area contributed by atoms with Crippen molar-refractivity contribution in [3.63, 3.8) is 0 Å². The monoisotopic (exact) mass is 236 g/mol. The maximum Gasteiger partial charge on any atom is 0.195 e. The molecule has 3 heteroatoms. The summed E-state index contributed by atoms with van der Waals surface area (Å²) in [6.07, 6.45) is 0. The Balaban J connectivity index is 2.69. The summed E-state index contributed by atoms with van der Waals surface area (Å²) in [5.41, 5.74) is 2.25. The lowest BCUT2D eigenvalue weighted by molar-refractivity contribution is -0.124. The van der Waals surface area contributed by atoms with E-state index in [1.807, 2.05) is 19.1 Å². The third-order valence-electron chi connectivity index (χ3n) is 2.57. The molecular weight excluding hydrogens is 216 g/mol. The van der Waals surface area contributed by atoms with Crippen LogP contribution < -0.4 is 4.74 Å². The van der Waals surface area contributed by atoms with Crippen LogP contribution in [0.5, 0.6) is 5.75 Å². The van der Waals surface area contributed by atoms with E-state index in [2.05, 4.69) is 19.9 Å². The van der Waals surface area contributed by atoms with Crippen LogP contribution in [0.15, 0.2) is 18.2 Å². The molecule has 3 nitrogen and oxygen atoms in total. The Hall–Kier alpha value is -1.35. The fraction of sp³-hybridized carbons (Fsp3) is 0.500. The van der Waals surface area contributed by atoms with Gasteiger partial charge in [0.2, 0.25) is 0 Å². The Morgan fingerprint density at radius 2 is 2.00 bits per heavy atom. The number of hydrogen-bond acceptors (Lipinski definition) is 3. The Kier molecular flexibility index (Phi) is 5.16. The molecule has 0 spiro atoms. The first kappa shape index (κ1) is 13.7. The topological polar surface area (TPSA) is 35.5 Å². The van der Waals surface area contributed by atoms with Crippen molar-refractivity contribution < 1.29 is 14.3 Å². The van der Waals surface area contributed by atoms with Gasteiger partial charge in [-0.25, -0.2) is 0 Å². The van der Waals surface area contributed by atoms with E-state index in [0.29, 0.717) is 5.92 Å². The molecule has 0 bridgehead atoms. The molecule has 17 heavy (non-hydrogen) atoms. The van der Waals surface area contributed by atoms with Gasteiger partial charge >= 0.3 is 0 Å². The molecule has 0 amide bonds. The third-order valence-corrected chi connectivity index (χ3v) is 2.57. The highest BCUT2D eigenvalue weighted by Crippen LogP contribution is 2.24. The first-order chi connectivity index (χ1) is 8.04. The molecule has 0 saturated carbocycles. The van der Waals surface area contributed by atoms with E-state index in [4.69, 9.17) is 9.47 Å². The van der Waals surface area contributed by atoms with Crippen molar-refractivity contribution in [3.8, 4) is 5.75 Å². The molecule has 0 aliphatic heterocycles. The Labute approximate surface area is 103 Å². The first-order valence-corrected chi connectivity index (χ1v) is 5.78. The van der Waals surface area contributed by atoms with Gasteiger partial charge < -0.3 is 9.47 Å². The zero-order valence-electron chi connectivity index (χ0n) is 10.9. The molecule has 1 rings (SSSR count). The zero-order valence-corrected chi connectivity index (χ0v) is 10.9. The molecule has 0 N–H and O–H groups in total. The van der Waals surface area contributed by atoms with Gasteiger partial charge in [-0.3, -0.25) is 4.79 Å². The van der Waals surface area contributed by atoms with Crippen molar-refractivity contribution >= 4 is 5.78 Å². The van der Waals surface area contributed by atoms with Crippen LogP contribution in [0.3, 0.4) is 0 Å². The normalized spacial score (nSPS) is 10.6. The molecule has 0 aliphatic carbocycles. The highest BCUT2D eigenvalue weighted by atomic mass is 16.5.